The van der Waals surface area contributed by atoms with Crippen molar-refractivity contribution in [2.75, 3.05) is 0 Å². The molecule has 44 heavy (non-hydrogen) atoms. The highest BCUT2D eigenvalue weighted by Crippen LogP contribution is 2.42. The van der Waals surface area contributed by atoms with Gasteiger partial charge < -0.3 is 4.42 Å². The Morgan fingerprint density at radius 2 is 1.32 bits per heavy atom. The lowest BCUT2D eigenvalue weighted by Gasteiger charge is -2.35. The fourth-order valence-electron chi connectivity index (χ4n) is 6.64. The van der Waals surface area contributed by atoms with Crippen LogP contribution in [-0.4, -0.2) is 26.6 Å². The standard InChI is InChI=1S/C38H29BN4O/c1-24-21-22-30(40-23-24)27-17-12-20-31-32(27)33-34(44-31)39(29-19-11-10-18-28(29)38(33,2)3)37-42-35(25-13-6-4-7-14-25)41-36(43-37)26-15-8-5-9-16-26/h4-23H,1-3H3. The number of nitrogens with zero attached hydrogens (tertiary/aromatic N) is 4. The van der Waals surface area contributed by atoms with Gasteiger partial charge in [-0.05, 0) is 30.2 Å². The molecule has 0 spiro atoms. The van der Waals surface area contributed by atoms with Gasteiger partial charge in [0.25, 0.3) is 0 Å². The number of rotatable bonds is 4. The molecule has 5 nitrogen and oxygen atoms in total. The van der Waals surface area contributed by atoms with Gasteiger partial charge in [-0.25, -0.2) is 15.0 Å². The van der Waals surface area contributed by atoms with Gasteiger partial charge in [-0.1, -0.05) is 122 Å². The van der Waals surface area contributed by atoms with Gasteiger partial charge in [0.1, 0.15) is 11.3 Å². The van der Waals surface area contributed by atoms with E-state index < -0.39 is 0 Å². The van der Waals surface area contributed by atoms with E-state index in [4.69, 9.17) is 24.4 Å². The van der Waals surface area contributed by atoms with E-state index in [0.29, 0.717) is 17.4 Å². The van der Waals surface area contributed by atoms with E-state index in [1.54, 1.807) is 0 Å². The van der Waals surface area contributed by atoms with Gasteiger partial charge >= 0.3 is 6.71 Å². The number of aromatic nitrogens is 4. The van der Waals surface area contributed by atoms with E-state index >= 15 is 0 Å². The van der Waals surface area contributed by atoms with Crippen LogP contribution in [0.15, 0.2) is 126 Å². The third kappa shape index (κ3) is 4.17. The first-order valence-corrected chi connectivity index (χ1v) is 14.9. The molecule has 0 N–H and O–H groups in total. The molecule has 4 heterocycles. The third-order valence-corrected chi connectivity index (χ3v) is 8.74. The lowest BCUT2D eigenvalue weighted by Crippen LogP contribution is -2.61. The molecule has 0 aliphatic carbocycles. The van der Waals surface area contributed by atoms with Crippen LogP contribution in [0.5, 0.6) is 0 Å². The number of hydrogen-bond acceptors (Lipinski definition) is 5. The van der Waals surface area contributed by atoms with Crippen molar-refractivity contribution < 1.29 is 4.42 Å². The summed E-state index contributed by atoms with van der Waals surface area (Å²) in [7, 11) is 0. The summed E-state index contributed by atoms with van der Waals surface area (Å²) in [4.78, 5) is 20.1. The van der Waals surface area contributed by atoms with E-state index in [1.807, 2.05) is 72.9 Å². The molecule has 0 bridgehead atoms. The van der Waals surface area contributed by atoms with Crippen molar-refractivity contribution in [3.05, 3.63) is 138 Å². The molecule has 0 amide bonds. The molecule has 0 unspecified atom stereocenters. The summed E-state index contributed by atoms with van der Waals surface area (Å²) in [6.07, 6.45) is 1.92. The van der Waals surface area contributed by atoms with E-state index in [-0.39, 0.29) is 12.1 Å². The fraction of sp³-hybridized carbons (Fsp3) is 0.105. The first-order valence-electron chi connectivity index (χ1n) is 14.9. The van der Waals surface area contributed by atoms with Crippen LogP contribution in [-0.2, 0) is 5.41 Å². The van der Waals surface area contributed by atoms with Crippen LogP contribution in [0.4, 0.5) is 0 Å². The van der Waals surface area contributed by atoms with Crippen LogP contribution < -0.4 is 16.8 Å². The van der Waals surface area contributed by atoms with E-state index in [9.17, 15) is 0 Å². The van der Waals surface area contributed by atoms with Crippen LogP contribution in [0.1, 0.15) is 30.5 Å². The van der Waals surface area contributed by atoms with Crippen LogP contribution in [0.2, 0.25) is 0 Å². The average Bonchev–Trinajstić information content (AvgIpc) is 3.47. The minimum Gasteiger partial charge on any atom is -0.470 e. The molecule has 8 rings (SSSR count). The second-order valence-electron chi connectivity index (χ2n) is 12.0. The zero-order valence-electron chi connectivity index (χ0n) is 24.8. The predicted molar refractivity (Wildman–Crippen MR) is 178 cm³/mol. The Hall–Kier alpha value is -5.36. The summed E-state index contributed by atoms with van der Waals surface area (Å²) in [5.74, 6) is 1.28. The first-order chi connectivity index (χ1) is 21.5. The van der Waals surface area contributed by atoms with Crippen LogP contribution in [0, 0.1) is 6.92 Å². The second-order valence-corrected chi connectivity index (χ2v) is 12.0. The van der Waals surface area contributed by atoms with Crippen LogP contribution >= 0.6 is 0 Å². The molecule has 0 saturated carbocycles. The summed E-state index contributed by atoms with van der Waals surface area (Å²) < 4.78 is 6.90. The Bertz CT molecular complexity index is 2100. The Kier molecular flexibility index (Phi) is 6.05. The average molecular weight is 568 g/mol. The molecular weight excluding hydrogens is 539 g/mol. The van der Waals surface area contributed by atoms with Gasteiger partial charge in [0, 0.05) is 39.3 Å². The zero-order chi connectivity index (χ0) is 29.8. The maximum atomic E-state index is 6.90. The largest absolute Gasteiger partial charge is 0.470 e. The Morgan fingerprint density at radius 3 is 1.98 bits per heavy atom. The molecule has 0 saturated heterocycles. The highest BCUT2D eigenvalue weighted by molar-refractivity contribution is 6.95. The molecule has 4 aromatic carbocycles. The number of furan rings is 1. The molecule has 3 aromatic heterocycles. The molecule has 0 atom stereocenters. The fourth-order valence-corrected chi connectivity index (χ4v) is 6.64. The second kappa shape index (κ2) is 10.1. The third-order valence-electron chi connectivity index (χ3n) is 8.74. The van der Waals surface area contributed by atoms with Crippen molar-refractivity contribution in [3.8, 4) is 34.0 Å². The van der Waals surface area contributed by atoms with Crippen molar-refractivity contribution in [2.45, 2.75) is 26.2 Å². The maximum absolute atomic E-state index is 6.90. The molecule has 6 heteroatoms. The minimum absolute atomic E-state index is 0.326. The van der Waals surface area contributed by atoms with Gasteiger partial charge in [0.2, 0.25) is 0 Å². The highest BCUT2D eigenvalue weighted by Gasteiger charge is 2.46. The Morgan fingerprint density at radius 1 is 0.659 bits per heavy atom. The van der Waals surface area contributed by atoms with Crippen molar-refractivity contribution >= 4 is 34.5 Å². The number of benzene rings is 4. The lowest BCUT2D eigenvalue weighted by molar-refractivity contribution is 0.607. The van der Waals surface area contributed by atoms with Crippen molar-refractivity contribution in [3.63, 3.8) is 0 Å². The number of pyridine rings is 1. The first kappa shape index (κ1) is 26.3. The van der Waals surface area contributed by atoms with E-state index in [2.05, 4.69) is 69.3 Å². The summed E-state index contributed by atoms with van der Waals surface area (Å²) in [5, 5.41) is 1.09. The SMILES string of the molecule is Cc1ccc(-c2cccc3oc4c(c23)C(C)(C)c2ccccc2B4c2nc(-c3ccccc3)nc(-c3ccccc3)n2)nc1. The predicted octanol–water partition coefficient (Wildman–Crippen LogP) is 6.48. The lowest BCUT2D eigenvalue weighted by atomic mass is 9.36. The van der Waals surface area contributed by atoms with Crippen LogP contribution in [0.25, 0.3) is 45.0 Å². The molecule has 0 radical (unpaired) electrons. The van der Waals surface area contributed by atoms with Gasteiger partial charge in [0.15, 0.2) is 11.6 Å². The van der Waals surface area contributed by atoms with Crippen LogP contribution in [0.3, 0.4) is 0 Å². The number of hydrogen-bond donors (Lipinski definition) is 0. The maximum Gasteiger partial charge on any atom is 0.335 e. The van der Waals surface area contributed by atoms with Gasteiger partial charge in [-0.3, -0.25) is 4.98 Å². The monoisotopic (exact) mass is 568 g/mol. The normalized spacial score (nSPS) is 13.5. The zero-order valence-corrected chi connectivity index (χ0v) is 24.8. The Labute approximate surface area is 256 Å². The minimum atomic E-state index is -0.341. The van der Waals surface area contributed by atoms with Gasteiger partial charge in [-0.2, -0.15) is 0 Å². The van der Waals surface area contributed by atoms with Gasteiger partial charge in [0.05, 0.1) is 11.4 Å². The molecule has 1 aliphatic rings. The summed E-state index contributed by atoms with van der Waals surface area (Å²) in [6, 6.07) is 39.3. The van der Waals surface area contributed by atoms with E-state index in [0.717, 1.165) is 55.6 Å². The summed E-state index contributed by atoms with van der Waals surface area (Å²) in [6.45, 7) is 6.30. The molecule has 7 aromatic rings. The number of aryl methyl sites for hydroxylation is 1. The Balaban J connectivity index is 1.44. The molecular formula is C38H29BN4O. The van der Waals surface area contributed by atoms with Crippen molar-refractivity contribution in [1.29, 1.82) is 0 Å². The summed E-state index contributed by atoms with van der Waals surface area (Å²) in [5.41, 5.74) is 10.5. The smallest absolute Gasteiger partial charge is 0.335 e. The van der Waals surface area contributed by atoms with Gasteiger partial charge in [-0.15, -0.1) is 0 Å². The molecule has 210 valence electrons. The quantitative estimate of drug-likeness (QED) is 0.228. The van der Waals surface area contributed by atoms with Crippen molar-refractivity contribution in [2.24, 2.45) is 0 Å². The molecule has 1 aliphatic heterocycles. The number of fused-ring (bicyclic) bond motifs is 4. The van der Waals surface area contributed by atoms with E-state index in [1.165, 1.54) is 5.56 Å². The van der Waals surface area contributed by atoms with Crippen molar-refractivity contribution in [1.82, 2.24) is 19.9 Å². The molecule has 0 fully saturated rings. The summed E-state index contributed by atoms with van der Waals surface area (Å²) >= 11 is 0. The highest BCUT2D eigenvalue weighted by atomic mass is 16.3. The topological polar surface area (TPSA) is 64.7 Å².